The van der Waals surface area contributed by atoms with Crippen molar-refractivity contribution >= 4 is 17.0 Å². The van der Waals surface area contributed by atoms with Gasteiger partial charge in [0.25, 0.3) is 0 Å². The van der Waals surface area contributed by atoms with Crippen LogP contribution in [-0.4, -0.2) is 61.3 Å². The number of aliphatic hydroxyl groups is 2. The molecule has 0 saturated carbocycles. The van der Waals surface area contributed by atoms with Crippen molar-refractivity contribution in [1.82, 2.24) is 19.5 Å². The lowest BCUT2D eigenvalue weighted by Crippen LogP contribution is -2.52. The summed E-state index contributed by atoms with van der Waals surface area (Å²) in [5.74, 6) is -0.0205. The highest BCUT2D eigenvalue weighted by atomic mass is 16.6. The van der Waals surface area contributed by atoms with Crippen molar-refractivity contribution in [3.05, 3.63) is 12.7 Å². The highest BCUT2D eigenvalue weighted by Crippen LogP contribution is 2.45. The molecule has 0 spiro atoms. The fraction of sp³-hybridized carbons (Fsp3) is 0.583. The van der Waals surface area contributed by atoms with Crippen LogP contribution in [0.1, 0.15) is 6.23 Å². The van der Waals surface area contributed by atoms with Crippen LogP contribution in [0.2, 0.25) is 0 Å². The normalized spacial score (nSPS) is 35.4. The van der Waals surface area contributed by atoms with E-state index in [-0.39, 0.29) is 24.9 Å². The molecule has 4 rings (SSSR count). The van der Waals surface area contributed by atoms with Gasteiger partial charge in [-0.25, -0.2) is 15.0 Å². The van der Waals surface area contributed by atoms with Gasteiger partial charge in [0, 0.05) is 0 Å². The molecule has 4 N–H and O–H groups in total. The first-order valence-electron chi connectivity index (χ1n) is 6.64. The summed E-state index contributed by atoms with van der Waals surface area (Å²) in [6.45, 7) is 0.181. The second-order valence-corrected chi connectivity index (χ2v) is 5.44. The summed E-state index contributed by atoms with van der Waals surface area (Å²) < 4.78 is 13.1. The number of hydrogen-bond acceptors (Lipinski definition) is 8. The number of aromatic nitrogens is 4. The quantitative estimate of drug-likeness (QED) is 0.621. The van der Waals surface area contributed by atoms with Crippen molar-refractivity contribution in [3.63, 3.8) is 0 Å². The molecule has 0 amide bonds. The van der Waals surface area contributed by atoms with Crippen LogP contribution >= 0.6 is 0 Å². The molecule has 4 atom stereocenters. The van der Waals surface area contributed by atoms with Crippen LogP contribution < -0.4 is 5.73 Å². The van der Waals surface area contributed by atoms with E-state index in [4.69, 9.17) is 15.2 Å². The average molecular weight is 293 g/mol. The zero-order valence-corrected chi connectivity index (χ0v) is 11.1. The second-order valence-electron chi connectivity index (χ2n) is 5.44. The van der Waals surface area contributed by atoms with Crippen molar-refractivity contribution < 1.29 is 19.7 Å². The van der Waals surface area contributed by atoms with Crippen LogP contribution in [-0.2, 0) is 9.47 Å². The summed E-state index contributed by atoms with van der Waals surface area (Å²) in [5, 5.41) is 20.0. The van der Waals surface area contributed by atoms with Crippen molar-refractivity contribution in [3.8, 4) is 0 Å². The Morgan fingerprint density at radius 2 is 2.29 bits per heavy atom. The number of rotatable bonds is 2. The molecule has 2 fully saturated rings. The van der Waals surface area contributed by atoms with E-state index in [1.54, 1.807) is 10.9 Å². The molecule has 2 aromatic heterocycles. The number of imidazole rings is 1. The fourth-order valence-corrected chi connectivity index (χ4v) is 3.10. The maximum Gasteiger partial charge on any atom is 0.167 e. The number of ether oxygens (including phenoxy) is 2. The smallest absolute Gasteiger partial charge is 0.167 e. The van der Waals surface area contributed by atoms with E-state index in [2.05, 4.69) is 15.0 Å². The molecule has 2 aromatic rings. The number of hydrogen-bond donors (Lipinski definition) is 3. The lowest BCUT2D eigenvalue weighted by atomic mass is 9.89. The number of nitrogens with zero attached hydrogens (tertiary/aromatic N) is 4. The van der Waals surface area contributed by atoms with Crippen LogP contribution in [0.5, 0.6) is 0 Å². The Morgan fingerprint density at radius 3 is 3.05 bits per heavy atom. The highest BCUT2D eigenvalue weighted by Gasteiger charge is 2.58. The summed E-state index contributed by atoms with van der Waals surface area (Å²) in [7, 11) is 0. The third kappa shape index (κ3) is 1.62. The van der Waals surface area contributed by atoms with Crippen LogP contribution in [0.25, 0.3) is 11.2 Å². The predicted molar refractivity (Wildman–Crippen MR) is 70.0 cm³/mol. The van der Waals surface area contributed by atoms with Crippen LogP contribution in [0.15, 0.2) is 12.7 Å². The van der Waals surface area contributed by atoms with E-state index >= 15 is 0 Å². The molecule has 0 aliphatic carbocycles. The van der Waals surface area contributed by atoms with Gasteiger partial charge >= 0.3 is 0 Å². The number of nitrogens with two attached hydrogens (primary N) is 1. The third-order valence-electron chi connectivity index (χ3n) is 4.25. The molecule has 9 nitrogen and oxygen atoms in total. The van der Waals surface area contributed by atoms with Crippen molar-refractivity contribution in [2.45, 2.75) is 17.9 Å². The molecule has 21 heavy (non-hydrogen) atoms. The van der Waals surface area contributed by atoms with Gasteiger partial charge in [0.15, 0.2) is 11.5 Å². The van der Waals surface area contributed by atoms with Gasteiger partial charge in [0.05, 0.1) is 38.2 Å². The molecule has 4 heterocycles. The first-order valence-corrected chi connectivity index (χ1v) is 6.64. The zero-order valence-electron chi connectivity index (χ0n) is 11.1. The average Bonchev–Trinajstić information content (AvgIpc) is 2.96. The summed E-state index contributed by atoms with van der Waals surface area (Å²) >= 11 is 0. The lowest BCUT2D eigenvalue weighted by molar-refractivity contribution is -0.163. The highest BCUT2D eigenvalue weighted by molar-refractivity contribution is 5.81. The van der Waals surface area contributed by atoms with Gasteiger partial charge < -0.3 is 25.4 Å². The van der Waals surface area contributed by atoms with Crippen molar-refractivity contribution in [2.75, 3.05) is 25.6 Å². The van der Waals surface area contributed by atoms with Gasteiger partial charge in [-0.2, -0.15) is 0 Å². The first-order chi connectivity index (χ1) is 10.2. The SMILES string of the molecule is Nc1ncnc2c1ncn2[C@@H]1O[C@]2(CO)COC[C@@H]1[C@@H]2O. The van der Waals surface area contributed by atoms with Crippen molar-refractivity contribution in [2.24, 2.45) is 5.92 Å². The van der Waals surface area contributed by atoms with Crippen LogP contribution in [0.3, 0.4) is 0 Å². The molecule has 2 aliphatic rings. The van der Waals surface area contributed by atoms with E-state index in [9.17, 15) is 10.2 Å². The predicted octanol–water partition coefficient (Wildman–Crippen LogP) is -1.32. The zero-order chi connectivity index (χ0) is 14.6. The minimum absolute atomic E-state index is 0.154. The van der Waals surface area contributed by atoms with E-state index in [0.717, 1.165) is 0 Å². The molecule has 0 aromatic carbocycles. The Bertz CT molecular complexity index is 691. The molecule has 9 heteroatoms. The molecular weight excluding hydrogens is 278 g/mol. The molecule has 2 bridgehead atoms. The summed E-state index contributed by atoms with van der Waals surface area (Å²) in [6, 6.07) is 0. The number of aliphatic hydroxyl groups excluding tert-OH is 2. The minimum atomic E-state index is -1.09. The topological polar surface area (TPSA) is 129 Å². The van der Waals surface area contributed by atoms with Gasteiger partial charge in [0.1, 0.15) is 23.7 Å². The molecule has 0 unspecified atom stereocenters. The van der Waals surface area contributed by atoms with E-state index in [0.29, 0.717) is 17.8 Å². The molecular formula is C12H15N5O4. The maximum atomic E-state index is 10.4. The third-order valence-corrected chi connectivity index (χ3v) is 4.25. The minimum Gasteiger partial charge on any atom is -0.393 e. The molecule has 2 aliphatic heterocycles. The van der Waals surface area contributed by atoms with E-state index in [1.807, 2.05) is 0 Å². The van der Waals surface area contributed by atoms with E-state index in [1.165, 1.54) is 6.33 Å². The Labute approximate surface area is 119 Å². The largest absolute Gasteiger partial charge is 0.393 e. The number of nitrogen functional groups attached to an aromatic ring is 1. The van der Waals surface area contributed by atoms with Gasteiger partial charge in [-0.1, -0.05) is 0 Å². The van der Waals surface area contributed by atoms with Crippen molar-refractivity contribution in [1.29, 1.82) is 0 Å². The Balaban J connectivity index is 1.81. The van der Waals surface area contributed by atoms with Gasteiger partial charge in [0.2, 0.25) is 0 Å². The summed E-state index contributed by atoms with van der Waals surface area (Å²) in [6.07, 6.45) is 1.58. The standard InChI is InChI=1S/C12H15N5O4/c13-9-7-10(15-4-14-9)17(5-16-7)11-6-1-20-3-12(2-18,21-11)8(6)19/h4-6,8,11,18-19H,1-3H2,(H2,13,14,15)/t6-,8+,11-,12-/m1/s1. The molecule has 112 valence electrons. The van der Waals surface area contributed by atoms with Crippen LogP contribution in [0, 0.1) is 5.92 Å². The maximum absolute atomic E-state index is 10.4. The lowest BCUT2D eigenvalue weighted by Gasteiger charge is -2.33. The Hall–Kier alpha value is -1.81. The van der Waals surface area contributed by atoms with Gasteiger partial charge in [-0.05, 0) is 0 Å². The second kappa shape index (κ2) is 4.34. The summed E-state index contributed by atoms with van der Waals surface area (Å²) in [4.78, 5) is 12.3. The monoisotopic (exact) mass is 293 g/mol. The number of anilines is 1. The van der Waals surface area contributed by atoms with Gasteiger partial charge in [-0.15, -0.1) is 0 Å². The fourth-order valence-electron chi connectivity index (χ4n) is 3.10. The Morgan fingerprint density at radius 1 is 1.43 bits per heavy atom. The number of fused-ring (bicyclic) bond motifs is 3. The molecule has 2 saturated heterocycles. The Kier molecular flexibility index (Phi) is 2.67. The molecule has 0 radical (unpaired) electrons. The van der Waals surface area contributed by atoms with Crippen LogP contribution in [0.4, 0.5) is 5.82 Å². The van der Waals surface area contributed by atoms with E-state index < -0.39 is 17.9 Å². The summed E-state index contributed by atoms with van der Waals surface area (Å²) in [5.41, 5.74) is 5.69. The van der Waals surface area contributed by atoms with Gasteiger partial charge in [-0.3, -0.25) is 4.57 Å². The first kappa shape index (κ1) is 12.9.